The van der Waals surface area contributed by atoms with Crippen molar-refractivity contribution in [3.05, 3.63) is 51.8 Å². The van der Waals surface area contributed by atoms with Gasteiger partial charge >= 0.3 is 5.97 Å². The molecule has 1 aromatic heterocycles. The van der Waals surface area contributed by atoms with Crippen molar-refractivity contribution in [3.8, 4) is 0 Å². The summed E-state index contributed by atoms with van der Waals surface area (Å²) in [6.45, 7) is 1.79. The second-order valence-electron chi connectivity index (χ2n) is 4.04. The number of aryl methyl sites for hydroxylation is 1. The molecule has 98 valence electrons. The fourth-order valence-electron chi connectivity index (χ4n) is 1.63. The molecule has 0 fully saturated rings. The Balaban J connectivity index is 2.28. The summed E-state index contributed by atoms with van der Waals surface area (Å²) in [5.41, 5.74) is 1.51. The average Bonchev–Trinajstić information content (AvgIpc) is 2.78. The van der Waals surface area contributed by atoms with Crippen molar-refractivity contribution in [2.24, 2.45) is 0 Å². The van der Waals surface area contributed by atoms with Gasteiger partial charge in [0.25, 0.3) is 5.91 Å². The highest BCUT2D eigenvalue weighted by Gasteiger charge is 2.14. The summed E-state index contributed by atoms with van der Waals surface area (Å²) in [5, 5.41) is 11.7. The Labute approximate surface area is 117 Å². The molecule has 0 bridgehead atoms. The number of amides is 1. The third-order valence-electron chi connectivity index (χ3n) is 2.55. The van der Waals surface area contributed by atoms with Crippen LogP contribution < -0.4 is 5.32 Å². The van der Waals surface area contributed by atoms with Gasteiger partial charge in [0, 0.05) is 10.7 Å². The molecule has 0 spiro atoms. The highest BCUT2D eigenvalue weighted by molar-refractivity contribution is 9.10. The number of carbonyl (C=O) groups is 2. The van der Waals surface area contributed by atoms with Crippen LogP contribution >= 0.6 is 15.9 Å². The zero-order valence-electron chi connectivity index (χ0n) is 10.0. The molecule has 1 aromatic carbocycles. The number of nitrogens with one attached hydrogen (secondary N) is 2. The van der Waals surface area contributed by atoms with E-state index in [-0.39, 0.29) is 11.3 Å². The van der Waals surface area contributed by atoms with E-state index in [1.54, 1.807) is 31.3 Å². The lowest BCUT2D eigenvalue weighted by molar-refractivity contribution is 0.0698. The summed E-state index contributed by atoms with van der Waals surface area (Å²) >= 11 is 3.23. The predicted molar refractivity (Wildman–Crippen MR) is 74.6 cm³/mol. The van der Waals surface area contributed by atoms with E-state index in [9.17, 15) is 9.59 Å². The summed E-state index contributed by atoms with van der Waals surface area (Å²) in [7, 11) is 0. The Kier molecular flexibility index (Phi) is 3.71. The third kappa shape index (κ3) is 3.03. The fourth-order valence-corrected chi connectivity index (χ4v) is 1.98. The second kappa shape index (κ2) is 5.27. The van der Waals surface area contributed by atoms with Gasteiger partial charge in [-0.25, -0.2) is 4.79 Å². The van der Waals surface area contributed by atoms with Crippen LogP contribution in [0.15, 0.2) is 34.9 Å². The van der Waals surface area contributed by atoms with E-state index < -0.39 is 11.9 Å². The minimum atomic E-state index is -1.08. The number of hydrogen-bond donors (Lipinski definition) is 3. The summed E-state index contributed by atoms with van der Waals surface area (Å²) in [6, 6.07) is 6.45. The molecule has 6 heteroatoms. The first-order valence-corrected chi connectivity index (χ1v) is 6.26. The lowest BCUT2D eigenvalue weighted by Crippen LogP contribution is -2.15. The topological polar surface area (TPSA) is 82.2 Å². The van der Waals surface area contributed by atoms with Gasteiger partial charge in [0.1, 0.15) is 5.69 Å². The van der Waals surface area contributed by atoms with E-state index in [0.29, 0.717) is 5.69 Å². The van der Waals surface area contributed by atoms with Crippen molar-refractivity contribution in [1.29, 1.82) is 0 Å². The highest BCUT2D eigenvalue weighted by Crippen LogP contribution is 2.19. The maximum atomic E-state index is 11.9. The van der Waals surface area contributed by atoms with Crippen LogP contribution in [0, 0.1) is 6.92 Å². The Morgan fingerprint density at radius 1 is 1.32 bits per heavy atom. The molecule has 0 aliphatic carbocycles. The SMILES string of the molecule is Cc1ccc(NC(=O)c2cc(Br)c[nH]2)c(C(=O)O)c1. The molecule has 0 unspecified atom stereocenters. The molecule has 0 aliphatic rings. The number of aromatic nitrogens is 1. The number of halogens is 1. The van der Waals surface area contributed by atoms with Crippen molar-refractivity contribution in [3.63, 3.8) is 0 Å². The van der Waals surface area contributed by atoms with Crippen molar-refractivity contribution in [2.75, 3.05) is 5.32 Å². The number of H-pyrrole nitrogens is 1. The number of aromatic carboxylic acids is 1. The summed E-state index contributed by atoms with van der Waals surface area (Å²) in [6.07, 6.45) is 1.63. The minimum Gasteiger partial charge on any atom is -0.478 e. The number of carbonyl (C=O) groups excluding carboxylic acids is 1. The third-order valence-corrected chi connectivity index (χ3v) is 3.00. The van der Waals surface area contributed by atoms with Gasteiger partial charge in [0.2, 0.25) is 0 Å². The molecule has 19 heavy (non-hydrogen) atoms. The Morgan fingerprint density at radius 3 is 2.63 bits per heavy atom. The molecular weight excluding hydrogens is 312 g/mol. The number of hydrogen-bond acceptors (Lipinski definition) is 2. The molecule has 0 atom stereocenters. The molecule has 0 saturated carbocycles. The molecule has 3 N–H and O–H groups in total. The maximum absolute atomic E-state index is 11.9. The van der Waals surface area contributed by atoms with Crippen LogP contribution in [0.5, 0.6) is 0 Å². The monoisotopic (exact) mass is 322 g/mol. The van der Waals surface area contributed by atoms with Crippen LogP contribution in [0.2, 0.25) is 0 Å². The zero-order chi connectivity index (χ0) is 14.0. The molecule has 1 amide bonds. The van der Waals surface area contributed by atoms with Crippen molar-refractivity contribution in [1.82, 2.24) is 4.98 Å². The minimum absolute atomic E-state index is 0.0685. The van der Waals surface area contributed by atoms with E-state index >= 15 is 0 Å². The van der Waals surface area contributed by atoms with Gasteiger partial charge in [-0.1, -0.05) is 11.6 Å². The average molecular weight is 323 g/mol. The normalized spacial score (nSPS) is 10.2. The zero-order valence-corrected chi connectivity index (χ0v) is 11.6. The number of benzene rings is 1. The molecule has 1 heterocycles. The van der Waals surface area contributed by atoms with E-state index in [1.165, 1.54) is 6.07 Å². The van der Waals surface area contributed by atoms with Crippen LogP contribution in [-0.2, 0) is 0 Å². The van der Waals surface area contributed by atoms with Gasteiger partial charge in [0.15, 0.2) is 0 Å². The lowest BCUT2D eigenvalue weighted by atomic mass is 10.1. The highest BCUT2D eigenvalue weighted by atomic mass is 79.9. The Hall–Kier alpha value is -2.08. The standard InChI is InChI=1S/C13H11BrN2O3/c1-7-2-3-10(9(4-7)13(18)19)16-12(17)11-5-8(14)6-15-11/h2-6,15H,1H3,(H,16,17)(H,18,19). The number of carboxylic acid groups (broad SMARTS) is 1. The van der Waals surface area contributed by atoms with Gasteiger partial charge in [-0.05, 0) is 41.1 Å². The van der Waals surface area contributed by atoms with E-state index in [2.05, 4.69) is 26.2 Å². The van der Waals surface area contributed by atoms with Gasteiger partial charge in [-0.15, -0.1) is 0 Å². The summed E-state index contributed by atoms with van der Waals surface area (Å²) in [5.74, 6) is -1.47. The molecule has 2 aromatic rings. The number of rotatable bonds is 3. The number of aromatic amines is 1. The van der Waals surface area contributed by atoms with Gasteiger partial charge < -0.3 is 15.4 Å². The van der Waals surface area contributed by atoms with Crippen molar-refractivity contribution in [2.45, 2.75) is 6.92 Å². The van der Waals surface area contributed by atoms with E-state index in [0.717, 1.165) is 10.0 Å². The molecular formula is C13H11BrN2O3. The predicted octanol–water partition coefficient (Wildman–Crippen LogP) is 3.04. The quantitative estimate of drug-likeness (QED) is 0.812. The first kappa shape index (κ1) is 13.4. The fraction of sp³-hybridized carbons (Fsp3) is 0.0769. The molecule has 0 aliphatic heterocycles. The van der Waals surface area contributed by atoms with Gasteiger partial charge in [-0.3, -0.25) is 4.79 Å². The number of carboxylic acids is 1. The summed E-state index contributed by atoms with van der Waals surface area (Å²) in [4.78, 5) is 25.8. The summed E-state index contributed by atoms with van der Waals surface area (Å²) < 4.78 is 0.750. The first-order chi connectivity index (χ1) is 8.97. The molecule has 5 nitrogen and oxygen atoms in total. The Bertz CT molecular complexity index is 649. The van der Waals surface area contributed by atoms with Gasteiger partial charge in [0.05, 0.1) is 11.3 Å². The van der Waals surface area contributed by atoms with Crippen molar-refractivity contribution >= 4 is 33.5 Å². The van der Waals surface area contributed by atoms with Crippen molar-refractivity contribution < 1.29 is 14.7 Å². The lowest BCUT2D eigenvalue weighted by Gasteiger charge is -2.08. The number of anilines is 1. The van der Waals surface area contributed by atoms with Crippen LogP contribution in [0.3, 0.4) is 0 Å². The second-order valence-corrected chi connectivity index (χ2v) is 4.96. The van der Waals surface area contributed by atoms with Crippen LogP contribution in [0.4, 0.5) is 5.69 Å². The smallest absolute Gasteiger partial charge is 0.337 e. The van der Waals surface area contributed by atoms with Crippen LogP contribution in [-0.4, -0.2) is 22.0 Å². The van der Waals surface area contributed by atoms with Crippen LogP contribution in [0.1, 0.15) is 26.4 Å². The first-order valence-electron chi connectivity index (χ1n) is 5.46. The molecule has 0 saturated heterocycles. The molecule has 0 radical (unpaired) electrons. The molecule has 2 rings (SSSR count). The maximum Gasteiger partial charge on any atom is 0.337 e. The van der Waals surface area contributed by atoms with Gasteiger partial charge in [-0.2, -0.15) is 0 Å². The Morgan fingerprint density at radius 2 is 2.05 bits per heavy atom. The largest absolute Gasteiger partial charge is 0.478 e. The van der Waals surface area contributed by atoms with E-state index in [4.69, 9.17) is 5.11 Å². The van der Waals surface area contributed by atoms with E-state index in [1.807, 2.05) is 0 Å². The van der Waals surface area contributed by atoms with Crippen LogP contribution in [0.25, 0.3) is 0 Å².